The highest BCUT2D eigenvalue weighted by atomic mass is 16.6. The number of methoxy groups -OCH3 is 1. The summed E-state index contributed by atoms with van der Waals surface area (Å²) in [5.74, 6) is 0.0175. The van der Waals surface area contributed by atoms with Crippen molar-refractivity contribution in [3.8, 4) is 0 Å². The van der Waals surface area contributed by atoms with E-state index in [2.05, 4.69) is 31.5 Å². The first-order valence-corrected chi connectivity index (χ1v) is 8.84. The molecule has 26 heavy (non-hydrogen) atoms. The minimum Gasteiger partial charge on any atom is -0.378 e. The van der Waals surface area contributed by atoms with Gasteiger partial charge in [0, 0.05) is 26.0 Å². The predicted octanol–water partition coefficient (Wildman–Crippen LogP) is 3.44. The molecule has 2 unspecified atom stereocenters. The molecule has 0 saturated heterocycles. The van der Waals surface area contributed by atoms with Crippen molar-refractivity contribution >= 4 is 5.91 Å². The molecule has 5 heteroatoms. The lowest BCUT2D eigenvalue weighted by Gasteiger charge is -2.40. The highest BCUT2D eigenvalue weighted by molar-refractivity contribution is 5.74. The van der Waals surface area contributed by atoms with Gasteiger partial charge in [0.15, 0.2) is 0 Å². The minimum atomic E-state index is -0.307. The maximum atomic E-state index is 12.5. The summed E-state index contributed by atoms with van der Waals surface area (Å²) >= 11 is 0. The summed E-state index contributed by atoms with van der Waals surface area (Å²) in [6.07, 6.45) is 4.00. The Hall–Kier alpha value is -2.11. The molecular weight excluding hydrogens is 328 g/mol. The highest BCUT2D eigenvalue weighted by Gasteiger charge is 2.40. The number of carbonyl (C=O) groups is 1. The van der Waals surface area contributed by atoms with Crippen LogP contribution in [0.3, 0.4) is 0 Å². The Morgan fingerprint density at radius 2 is 1.88 bits per heavy atom. The molecular formula is C21H30N2O3. The van der Waals surface area contributed by atoms with E-state index in [4.69, 9.17) is 9.57 Å². The lowest BCUT2D eigenvalue weighted by atomic mass is 9.82. The number of amides is 1. The molecule has 0 saturated carbocycles. The topological polar surface area (TPSA) is 50.8 Å². The van der Waals surface area contributed by atoms with Gasteiger partial charge in [-0.1, -0.05) is 56.3 Å². The van der Waals surface area contributed by atoms with E-state index >= 15 is 0 Å². The predicted molar refractivity (Wildman–Crippen MR) is 103 cm³/mol. The fraction of sp³-hybridized carbons (Fsp3) is 0.476. The number of allylic oxidation sites excluding steroid dienone is 1. The third-order valence-electron chi connectivity index (χ3n) is 4.83. The van der Waals surface area contributed by atoms with Crippen molar-refractivity contribution in [3.63, 3.8) is 0 Å². The van der Waals surface area contributed by atoms with Crippen LogP contribution in [0.1, 0.15) is 33.3 Å². The standard InChI is InChI=1S/C21H30N2O3/c1-15-12-19(20(25-5)21(3,4)13-18(15)22-26-6)23(16(2)24)14-17-10-8-7-9-11-17/h7-13,19-20,22H,14H2,1-6H3. The monoisotopic (exact) mass is 358 g/mol. The maximum absolute atomic E-state index is 12.5. The van der Waals surface area contributed by atoms with Crippen LogP contribution in [0.15, 0.2) is 53.8 Å². The van der Waals surface area contributed by atoms with Gasteiger partial charge in [-0.3, -0.25) is 15.1 Å². The fourth-order valence-electron chi connectivity index (χ4n) is 3.56. The van der Waals surface area contributed by atoms with E-state index in [0.717, 1.165) is 16.8 Å². The van der Waals surface area contributed by atoms with Gasteiger partial charge in [0.2, 0.25) is 5.91 Å². The molecule has 142 valence electrons. The van der Waals surface area contributed by atoms with Gasteiger partial charge < -0.3 is 9.64 Å². The van der Waals surface area contributed by atoms with E-state index in [1.54, 1.807) is 21.1 Å². The Bertz CT molecular complexity index is 680. The normalized spacial score (nSPS) is 22.1. The van der Waals surface area contributed by atoms with Crippen LogP contribution in [0.4, 0.5) is 0 Å². The van der Waals surface area contributed by atoms with Gasteiger partial charge in [-0.25, -0.2) is 0 Å². The molecule has 5 nitrogen and oxygen atoms in total. The van der Waals surface area contributed by atoms with Crippen molar-refractivity contribution in [2.24, 2.45) is 5.41 Å². The number of hydrogen-bond acceptors (Lipinski definition) is 4. The largest absolute Gasteiger partial charge is 0.378 e. The van der Waals surface area contributed by atoms with Crippen LogP contribution in [0.5, 0.6) is 0 Å². The first-order valence-electron chi connectivity index (χ1n) is 8.84. The Balaban J connectivity index is 2.46. The van der Waals surface area contributed by atoms with Gasteiger partial charge >= 0.3 is 0 Å². The van der Waals surface area contributed by atoms with E-state index in [0.29, 0.717) is 6.54 Å². The molecule has 1 aromatic rings. The summed E-state index contributed by atoms with van der Waals surface area (Å²) < 4.78 is 5.89. The van der Waals surface area contributed by atoms with E-state index in [-0.39, 0.29) is 23.5 Å². The lowest BCUT2D eigenvalue weighted by molar-refractivity contribution is -0.135. The molecule has 1 aliphatic rings. The van der Waals surface area contributed by atoms with Gasteiger partial charge in [-0.05, 0) is 18.1 Å². The molecule has 1 aromatic carbocycles. The number of hydroxylamine groups is 1. The van der Waals surface area contributed by atoms with Gasteiger partial charge in [0.1, 0.15) is 0 Å². The Kier molecular flexibility index (Phi) is 6.62. The third kappa shape index (κ3) is 4.54. The Labute approximate surface area is 156 Å². The molecule has 2 rings (SSSR count). The average molecular weight is 358 g/mol. The zero-order valence-corrected chi connectivity index (χ0v) is 16.6. The second kappa shape index (κ2) is 8.52. The molecule has 0 aromatic heterocycles. The highest BCUT2D eigenvalue weighted by Crippen LogP contribution is 2.36. The number of carbonyl (C=O) groups excluding carboxylic acids is 1. The van der Waals surface area contributed by atoms with Gasteiger partial charge in [0.05, 0.1) is 25.0 Å². The summed E-state index contributed by atoms with van der Waals surface area (Å²) in [7, 11) is 3.29. The number of benzene rings is 1. The molecule has 0 radical (unpaired) electrons. The Morgan fingerprint density at radius 3 is 2.42 bits per heavy atom. The molecule has 1 aliphatic carbocycles. The molecule has 0 heterocycles. The summed E-state index contributed by atoms with van der Waals surface area (Å²) in [5.41, 5.74) is 5.64. The van der Waals surface area contributed by atoms with E-state index in [1.807, 2.05) is 42.2 Å². The molecule has 1 amide bonds. The van der Waals surface area contributed by atoms with Crippen molar-refractivity contribution in [3.05, 3.63) is 59.3 Å². The van der Waals surface area contributed by atoms with Gasteiger partial charge in [-0.2, -0.15) is 0 Å². The first-order chi connectivity index (χ1) is 12.3. The fourth-order valence-corrected chi connectivity index (χ4v) is 3.56. The summed E-state index contributed by atoms with van der Waals surface area (Å²) in [6, 6.07) is 9.83. The number of nitrogens with one attached hydrogen (secondary N) is 1. The minimum absolute atomic E-state index is 0.0175. The second-order valence-electron chi connectivity index (χ2n) is 7.31. The van der Waals surface area contributed by atoms with Crippen LogP contribution in [0.2, 0.25) is 0 Å². The zero-order valence-electron chi connectivity index (χ0n) is 16.6. The van der Waals surface area contributed by atoms with Gasteiger partial charge in [-0.15, -0.1) is 0 Å². The van der Waals surface area contributed by atoms with Crippen molar-refractivity contribution in [2.75, 3.05) is 14.2 Å². The SMILES string of the molecule is CONC1=CC(C)(C)C(OC)C(N(Cc2ccccc2)C(C)=O)C=C1C. The molecule has 0 bridgehead atoms. The molecule has 0 aliphatic heterocycles. The van der Waals surface area contributed by atoms with E-state index in [1.165, 1.54) is 0 Å². The summed E-state index contributed by atoms with van der Waals surface area (Å²) in [5, 5.41) is 0. The van der Waals surface area contributed by atoms with Crippen molar-refractivity contribution < 1.29 is 14.4 Å². The number of ether oxygens (including phenoxy) is 1. The summed E-state index contributed by atoms with van der Waals surface area (Å²) in [6.45, 7) is 8.38. The van der Waals surface area contributed by atoms with Crippen molar-refractivity contribution in [2.45, 2.75) is 46.4 Å². The lowest BCUT2D eigenvalue weighted by Crippen LogP contribution is -2.50. The zero-order chi connectivity index (χ0) is 19.3. The maximum Gasteiger partial charge on any atom is 0.220 e. The summed E-state index contributed by atoms with van der Waals surface area (Å²) in [4.78, 5) is 19.5. The number of rotatable bonds is 6. The number of hydrogen-bond donors (Lipinski definition) is 1. The Morgan fingerprint density at radius 1 is 1.23 bits per heavy atom. The number of nitrogens with zero attached hydrogens (tertiary/aromatic N) is 1. The quantitative estimate of drug-likeness (QED) is 0.792. The van der Waals surface area contributed by atoms with Crippen molar-refractivity contribution in [1.29, 1.82) is 0 Å². The van der Waals surface area contributed by atoms with Crippen LogP contribution in [-0.4, -0.2) is 37.2 Å². The van der Waals surface area contributed by atoms with Crippen molar-refractivity contribution in [1.82, 2.24) is 10.4 Å². The van der Waals surface area contributed by atoms with Crippen LogP contribution in [0.25, 0.3) is 0 Å². The van der Waals surface area contributed by atoms with Crippen LogP contribution < -0.4 is 5.48 Å². The second-order valence-corrected chi connectivity index (χ2v) is 7.31. The van der Waals surface area contributed by atoms with Crippen LogP contribution in [-0.2, 0) is 20.9 Å². The third-order valence-corrected chi connectivity index (χ3v) is 4.83. The smallest absolute Gasteiger partial charge is 0.220 e. The van der Waals surface area contributed by atoms with E-state index in [9.17, 15) is 4.79 Å². The van der Waals surface area contributed by atoms with Crippen LogP contribution in [0, 0.1) is 5.41 Å². The molecule has 0 fully saturated rings. The molecule has 1 N–H and O–H groups in total. The average Bonchev–Trinajstić information content (AvgIpc) is 2.67. The van der Waals surface area contributed by atoms with E-state index < -0.39 is 0 Å². The molecule has 0 spiro atoms. The van der Waals surface area contributed by atoms with Gasteiger partial charge in [0.25, 0.3) is 0 Å². The molecule has 2 atom stereocenters. The van der Waals surface area contributed by atoms with Crippen LogP contribution >= 0.6 is 0 Å². The first kappa shape index (κ1) is 20.2.